The van der Waals surface area contributed by atoms with Crippen LogP contribution in [0.1, 0.15) is 5.56 Å². The van der Waals surface area contributed by atoms with Crippen molar-refractivity contribution in [3.05, 3.63) is 52.5 Å². The number of pyridine rings is 1. The predicted octanol–water partition coefficient (Wildman–Crippen LogP) is 2.42. The van der Waals surface area contributed by atoms with Crippen molar-refractivity contribution in [2.45, 2.75) is 4.90 Å². The molecule has 0 atom stereocenters. The summed E-state index contributed by atoms with van der Waals surface area (Å²) in [5.41, 5.74) is 5.55. The van der Waals surface area contributed by atoms with Gasteiger partial charge in [-0.1, -0.05) is 12.2 Å². The van der Waals surface area contributed by atoms with Gasteiger partial charge in [0.15, 0.2) is 0 Å². The second-order valence-electron chi connectivity index (χ2n) is 3.97. The molecule has 0 fully saturated rings. The number of hydrogen-bond acceptors (Lipinski definition) is 4. The van der Waals surface area contributed by atoms with Crippen LogP contribution in [0.5, 0.6) is 0 Å². The summed E-state index contributed by atoms with van der Waals surface area (Å²) in [6.45, 7) is 0. The average Bonchev–Trinajstić information content (AvgIpc) is 2.41. The molecule has 0 radical (unpaired) electrons. The third-order valence-electron chi connectivity index (χ3n) is 2.53. The van der Waals surface area contributed by atoms with Crippen LogP contribution in [0, 0.1) is 5.82 Å². The van der Waals surface area contributed by atoms with Crippen molar-refractivity contribution >= 4 is 48.8 Å². The standard InChI is InChI=1S/C12H9BrFN3O2S2/c13-9-6-16-4-3-11(9)17-21(18,19)7-1-2-10(14)8(5-7)12(15)20/h1-6H,(H2,15,20)(H,16,17). The number of thiocarbonyl (C=S) groups is 1. The number of halogens is 2. The van der Waals surface area contributed by atoms with E-state index in [1.165, 1.54) is 18.5 Å². The zero-order valence-corrected chi connectivity index (χ0v) is 13.6. The summed E-state index contributed by atoms with van der Waals surface area (Å²) < 4.78 is 40.9. The summed E-state index contributed by atoms with van der Waals surface area (Å²) in [5, 5.41) is 0. The fourth-order valence-electron chi connectivity index (χ4n) is 1.52. The lowest BCUT2D eigenvalue weighted by Gasteiger charge is -2.10. The molecular formula is C12H9BrFN3O2S2. The molecule has 3 N–H and O–H groups in total. The molecular weight excluding hydrogens is 381 g/mol. The van der Waals surface area contributed by atoms with Crippen LogP contribution in [0.3, 0.4) is 0 Å². The van der Waals surface area contributed by atoms with E-state index in [0.29, 0.717) is 10.2 Å². The first kappa shape index (κ1) is 15.8. The van der Waals surface area contributed by atoms with E-state index >= 15 is 0 Å². The summed E-state index contributed by atoms with van der Waals surface area (Å²) in [6, 6.07) is 4.72. The molecule has 0 unspecified atom stereocenters. The summed E-state index contributed by atoms with van der Waals surface area (Å²) in [5.74, 6) is -0.674. The summed E-state index contributed by atoms with van der Waals surface area (Å²) in [4.78, 5) is 3.48. The maximum absolute atomic E-state index is 13.5. The molecule has 1 aromatic carbocycles. The maximum atomic E-state index is 13.5. The zero-order valence-electron chi connectivity index (χ0n) is 10.4. The number of nitrogens with one attached hydrogen (secondary N) is 1. The average molecular weight is 390 g/mol. The molecule has 0 bridgehead atoms. The number of nitrogens with zero attached hydrogens (tertiary/aromatic N) is 1. The van der Waals surface area contributed by atoms with Crippen LogP contribution in [0.4, 0.5) is 10.1 Å². The summed E-state index contributed by atoms with van der Waals surface area (Å²) >= 11 is 7.87. The Bertz CT molecular complexity index is 812. The van der Waals surface area contributed by atoms with Gasteiger partial charge < -0.3 is 5.73 Å². The fourth-order valence-corrected chi connectivity index (χ4v) is 3.26. The van der Waals surface area contributed by atoms with E-state index in [9.17, 15) is 12.8 Å². The Morgan fingerprint density at radius 2 is 2.10 bits per heavy atom. The van der Waals surface area contributed by atoms with Gasteiger partial charge in [0.05, 0.1) is 15.1 Å². The van der Waals surface area contributed by atoms with Crippen LogP contribution < -0.4 is 10.5 Å². The lowest BCUT2D eigenvalue weighted by molar-refractivity contribution is 0.599. The predicted molar refractivity (Wildman–Crippen MR) is 85.0 cm³/mol. The number of rotatable bonds is 4. The van der Waals surface area contributed by atoms with Gasteiger partial charge in [-0.3, -0.25) is 9.71 Å². The van der Waals surface area contributed by atoms with Crippen molar-refractivity contribution < 1.29 is 12.8 Å². The number of hydrogen-bond donors (Lipinski definition) is 2. The first-order valence-corrected chi connectivity index (χ1v) is 8.21. The lowest BCUT2D eigenvalue weighted by atomic mass is 10.2. The van der Waals surface area contributed by atoms with Gasteiger partial charge in [-0.25, -0.2) is 12.8 Å². The highest BCUT2D eigenvalue weighted by Gasteiger charge is 2.18. The Kier molecular flexibility index (Phi) is 4.55. The van der Waals surface area contributed by atoms with Crippen LogP contribution in [0.2, 0.25) is 0 Å². The Hall–Kier alpha value is -1.58. The minimum absolute atomic E-state index is 0.123. The number of benzene rings is 1. The SMILES string of the molecule is NC(=S)c1cc(S(=O)(=O)Nc2ccncc2Br)ccc1F. The van der Waals surface area contributed by atoms with E-state index in [1.807, 2.05) is 0 Å². The van der Waals surface area contributed by atoms with E-state index in [-0.39, 0.29) is 15.4 Å². The van der Waals surface area contributed by atoms with Gasteiger partial charge in [-0.05, 0) is 40.2 Å². The monoisotopic (exact) mass is 389 g/mol. The summed E-state index contributed by atoms with van der Waals surface area (Å²) in [7, 11) is -3.90. The largest absolute Gasteiger partial charge is 0.389 e. The molecule has 21 heavy (non-hydrogen) atoms. The molecule has 0 saturated carbocycles. The maximum Gasteiger partial charge on any atom is 0.261 e. The van der Waals surface area contributed by atoms with Crippen molar-refractivity contribution in [2.75, 3.05) is 4.72 Å². The van der Waals surface area contributed by atoms with Crippen molar-refractivity contribution in [3.8, 4) is 0 Å². The summed E-state index contributed by atoms with van der Waals surface area (Å²) in [6.07, 6.45) is 2.89. The number of sulfonamides is 1. The molecule has 0 amide bonds. The van der Waals surface area contributed by atoms with Gasteiger partial charge in [0.2, 0.25) is 0 Å². The molecule has 2 aromatic rings. The second-order valence-corrected chi connectivity index (χ2v) is 6.94. The lowest BCUT2D eigenvalue weighted by Crippen LogP contribution is -2.16. The van der Waals surface area contributed by atoms with E-state index in [2.05, 4.69) is 37.9 Å². The van der Waals surface area contributed by atoms with Gasteiger partial charge >= 0.3 is 0 Å². The molecule has 0 aliphatic carbocycles. The second kappa shape index (κ2) is 6.04. The van der Waals surface area contributed by atoms with E-state index < -0.39 is 15.8 Å². The number of aromatic nitrogens is 1. The van der Waals surface area contributed by atoms with Crippen LogP contribution in [-0.2, 0) is 10.0 Å². The normalized spacial score (nSPS) is 11.1. The first-order chi connectivity index (χ1) is 9.81. The number of nitrogens with two attached hydrogens (primary N) is 1. The van der Waals surface area contributed by atoms with Crippen molar-refractivity contribution in [1.29, 1.82) is 0 Å². The topological polar surface area (TPSA) is 85.1 Å². The fraction of sp³-hybridized carbons (Fsp3) is 0. The molecule has 110 valence electrons. The third kappa shape index (κ3) is 3.55. The van der Waals surface area contributed by atoms with Crippen LogP contribution >= 0.6 is 28.1 Å². The third-order valence-corrected chi connectivity index (χ3v) is 4.75. The van der Waals surface area contributed by atoms with Crippen LogP contribution in [0.25, 0.3) is 0 Å². The molecule has 2 rings (SSSR count). The molecule has 0 aliphatic rings. The van der Waals surface area contributed by atoms with Crippen molar-refractivity contribution in [3.63, 3.8) is 0 Å². The zero-order chi connectivity index (χ0) is 15.6. The Balaban J connectivity index is 2.43. The van der Waals surface area contributed by atoms with Gasteiger partial charge in [-0.2, -0.15) is 0 Å². The molecule has 5 nitrogen and oxygen atoms in total. The van der Waals surface area contributed by atoms with Crippen molar-refractivity contribution in [2.24, 2.45) is 5.73 Å². The van der Waals surface area contributed by atoms with Gasteiger partial charge in [0.25, 0.3) is 10.0 Å². The smallest absolute Gasteiger partial charge is 0.261 e. The minimum Gasteiger partial charge on any atom is -0.389 e. The van der Waals surface area contributed by atoms with Gasteiger partial charge in [0.1, 0.15) is 10.8 Å². The number of anilines is 1. The highest BCUT2D eigenvalue weighted by molar-refractivity contribution is 9.10. The molecule has 0 saturated heterocycles. The first-order valence-electron chi connectivity index (χ1n) is 5.53. The van der Waals surface area contributed by atoms with Crippen LogP contribution in [0.15, 0.2) is 46.0 Å². The molecule has 9 heteroatoms. The molecule has 0 aliphatic heterocycles. The highest BCUT2D eigenvalue weighted by atomic mass is 79.9. The Morgan fingerprint density at radius 1 is 1.38 bits per heavy atom. The Morgan fingerprint density at radius 3 is 2.71 bits per heavy atom. The molecule has 1 heterocycles. The minimum atomic E-state index is -3.90. The molecule has 1 aromatic heterocycles. The molecule has 0 spiro atoms. The van der Waals surface area contributed by atoms with Crippen molar-refractivity contribution in [1.82, 2.24) is 4.98 Å². The van der Waals surface area contributed by atoms with E-state index in [1.54, 1.807) is 0 Å². The van der Waals surface area contributed by atoms with Gasteiger partial charge in [0, 0.05) is 18.0 Å². The van der Waals surface area contributed by atoms with E-state index in [0.717, 1.165) is 18.2 Å². The van der Waals surface area contributed by atoms with Gasteiger partial charge in [-0.15, -0.1) is 0 Å². The van der Waals surface area contributed by atoms with Crippen LogP contribution in [-0.4, -0.2) is 18.4 Å². The highest BCUT2D eigenvalue weighted by Crippen LogP contribution is 2.24. The quantitative estimate of drug-likeness (QED) is 0.784. The van der Waals surface area contributed by atoms with E-state index in [4.69, 9.17) is 5.73 Å². The Labute approximate surface area is 134 Å².